The molecule has 0 fully saturated rings. The van der Waals surface area contributed by atoms with Crippen molar-refractivity contribution in [3.63, 3.8) is 0 Å². The molecule has 0 N–H and O–H groups in total. The average molecular weight is 612 g/mol. The first-order valence-corrected chi connectivity index (χ1v) is 14.3. The van der Waals surface area contributed by atoms with Gasteiger partial charge < -0.3 is 9.32 Å². The number of rotatable bonds is 7. The zero-order valence-electron chi connectivity index (χ0n) is 22.3. The molecule has 5 rings (SSSR count). The van der Waals surface area contributed by atoms with Gasteiger partial charge in [-0.2, -0.15) is 0 Å². The van der Waals surface area contributed by atoms with Crippen LogP contribution in [0, 0.1) is 10.1 Å². The van der Waals surface area contributed by atoms with Crippen molar-refractivity contribution in [2.24, 2.45) is 4.99 Å². The average Bonchev–Trinajstić information content (AvgIpc) is 3.53. The normalized spacial score (nSPS) is 15.0. The number of furan rings is 1. The number of nitro benzene ring substituents is 1. The van der Waals surface area contributed by atoms with Crippen LogP contribution in [0.1, 0.15) is 38.1 Å². The van der Waals surface area contributed by atoms with Gasteiger partial charge in [0.1, 0.15) is 16.5 Å². The Hall–Kier alpha value is -3.99. The molecule has 12 heteroatoms. The Morgan fingerprint density at radius 3 is 2.51 bits per heavy atom. The molecule has 9 nitrogen and oxygen atoms in total. The molecule has 0 aliphatic carbocycles. The Morgan fingerprint density at radius 2 is 1.85 bits per heavy atom. The molecule has 1 atom stereocenters. The molecule has 0 bridgehead atoms. The van der Waals surface area contributed by atoms with Crippen molar-refractivity contribution < 1.29 is 14.1 Å². The fourth-order valence-corrected chi connectivity index (χ4v) is 6.10. The lowest BCUT2D eigenvalue weighted by Gasteiger charge is -2.29. The van der Waals surface area contributed by atoms with Gasteiger partial charge in [-0.3, -0.25) is 24.3 Å². The Morgan fingerprint density at radius 1 is 1.15 bits per heavy atom. The number of halogens is 2. The maximum Gasteiger partial charge on any atom is 0.288 e. The molecule has 210 valence electrons. The van der Waals surface area contributed by atoms with Crippen LogP contribution in [-0.2, 0) is 4.79 Å². The van der Waals surface area contributed by atoms with Crippen LogP contribution in [0.5, 0.6) is 0 Å². The first-order chi connectivity index (χ1) is 19.6. The number of nitro groups is 1. The first-order valence-electron chi connectivity index (χ1n) is 12.7. The number of benzene rings is 2. The van der Waals surface area contributed by atoms with Gasteiger partial charge in [0.15, 0.2) is 4.80 Å². The van der Waals surface area contributed by atoms with E-state index in [4.69, 9.17) is 27.6 Å². The predicted octanol–water partition coefficient (Wildman–Crippen LogP) is 5.58. The van der Waals surface area contributed by atoms with Crippen LogP contribution in [0.25, 0.3) is 17.4 Å². The summed E-state index contributed by atoms with van der Waals surface area (Å²) in [7, 11) is 0. The van der Waals surface area contributed by atoms with Crippen molar-refractivity contribution in [1.29, 1.82) is 0 Å². The SMILES string of the molecule is CCN(CC)C(=O)C1=C(C)N=c2s/c(=C/c3ccc(-c4ccc(Cl)c([N+](=O)[O-])c4)o3)c(=O)n2[C@@H]1c1ccc(Cl)cc1. The first kappa shape index (κ1) is 28.5. The lowest BCUT2D eigenvalue weighted by Crippen LogP contribution is -2.43. The Labute approximate surface area is 248 Å². The van der Waals surface area contributed by atoms with E-state index in [0.717, 1.165) is 5.56 Å². The summed E-state index contributed by atoms with van der Waals surface area (Å²) < 4.78 is 7.82. The summed E-state index contributed by atoms with van der Waals surface area (Å²) in [6, 6.07) is 14.1. The van der Waals surface area contributed by atoms with Gasteiger partial charge in [-0.05, 0) is 62.7 Å². The Bertz CT molecular complexity index is 1880. The summed E-state index contributed by atoms with van der Waals surface area (Å²) in [5.74, 6) is 0.574. The van der Waals surface area contributed by atoms with E-state index in [9.17, 15) is 19.7 Å². The summed E-state index contributed by atoms with van der Waals surface area (Å²) in [6.07, 6.45) is 1.60. The van der Waals surface area contributed by atoms with Gasteiger partial charge in [-0.25, -0.2) is 4.99 Å². The molecule has 41 heavy (non-hydrogen) atoms. The van der Waals surface area contributed by atoms with Crippen molar-refractivity contribution in [3.8, 4) is 11.3 Å². The van der Waals surface area contributed by atoms with Crippen molar-refractivity contribution >= 4 is 52.2 Å². The van der Waals surface area contributed by atoms with E-state index in [-0.39, 0.29) is 22.2 Å². The van der Waals surface area contributed by atoms with Gasteiger partial charge in [0, 0.05) is 35.8 Å². The van der Waals surface area contributed by atoms with E-state index >= 15 is 0 Å². The molecule has 3 heterocycles. The van der Waals surface area contributed by atoms with Crippen LogP contribution < -0.4 is 14.9 Å². The third-order valence-electron chi connectivity index (χ3n) is 6.82. The Balaban J connectivity index is 1.62. The third kappa shape index (κ3) is 5.38. The number of thiazole rings is 1. The molecule has 4 aromatic rings. The zero-order valence-corrected chi connectivity index (χ0v) is 24.6. The Kier molecular flexibility index (Phi) is 7.99. The van der Waals surface area contributed by atoms with Crippen LogP contribution in [-0.4, -0.2) is 33.4 Å². The van der Waals surface area contributed by atoms with Crippen molar-refractivity contribution in [1.82, 2.24) is 9.47 Å². The fourth-order valence-electron chi connectivity index (χ4n) is 4.76. The molecule has 2 aromatic heterocycles. The molecule has 1 amide bonds. The van der Waals surface area contributed by atoms with Gasteiger partial charge in [0.25, 0.3) is 17.2 Å². The summed E-state index contributed by atoms with van der Waals surface area (Å²) in [5, 5.41) is 11.9. The second kappa shape index (κ2) is 11.5. The molecule has 2 aromatic carbocycles. The van der Waals surface area contributed by atoms with Crippen LogP contribution in [0.3, 0.4) is 0 Å². The number of fused-ring (bicyclic) bond motifs is 1. The molecule has 0 saturated heterocycles. The molecular weight excluding hydrogens is 587 g/mol. The van der Waals surface area contributed by atoms with Crippen LogP contribution in [0.2, 0.25) is 10.0 Å². The second-order valence-corrected chi connectivity index (χ2v) is 11.1. The molecule has 1 aliphatic rings. The number of hydrogen-bond donors (Lipinski definition) is 0. The summed E-state index contributed by atoms with van der Waals surface area (Å²) in [5.41, 5.74) is 1.62. The highest BCUT2D eigenvalue weighted by Crippen LogP contribution is 2.33. The van der Waals surface area contributed by atoms with Gasteiger partial charge in [-0.15, -0.1) is 0 Å². The van der Waals surface area contributed by atoms with Crippen molar-refractivity contribution in [2.45, 2.75) is 26.8 Å². The summed E-state index contributed by atoms with van der Waals surface area (Å²) >= 11 is 13.3. The maximum absolute atomic E-state index is 13.9. The van der Waals surface area contributed by atoms with E-state index in [0.29, 0.717) is 55.8 Å². The monoisotopic (exact) mass is 610 g/mol. The van der Waals surface area contributed by atoms with E-state index in [1.54, 1.807) is 48.2 Å². The topological polar surface area (TPSA) is 111 Å². The van der Waals surface area contributed by atoms with Crippen LogP contribution >= 0.6 is 34.5 Å². The van der Waals surface area contributed by atoms with Gasteiger partial charge in [0.2, 0.25) is 0 Å². The summed E-state index contributed by atoms with van der Waals surface area (Å²) in [6.45, 7) is 6.62. The van der Waals surface area contributed by atoms with Crippen LogP contribution in [0.15, 0.2) is 80.1 Å². The number of allylic oxidation sites excluding steroid dienone is 1. The number of carbonyl (C=O) groups is 1. The van der Waals surface area contributed by atoms with E-state index in [1.165, 1.54) is 28.0 Å². The number of likely N-dealkylation sites (N-methyl/N-ethyl adjacent to an activating group) is 1. The second-order valence-electron chi connectivity index (χ2n) is 9.24. The van der Waals surface area contributed by atoms with Crippen molar-refractivity contribution in [3.05, 3.63) is 117 Å². The van der Waals surface area contributed by atoms with Crippen LogP contribution in [0.4, 0.5) is 5.69 Å². The highest BCUT2D eigenvalue weighted by molar-refractivity contribution is 7.07. The van der Waals surface area contributed by atoms with Gasteiger partial charge in [0.05, 0.1) is 26.8 Å². The number of amides is 1. The minimum absolute atomic E-state index is 0.0241. The van der Waals surface area contributed by atoms with Gasteiger partial charge >= 0.3 is 0 Å². The molecule has 0 saturated carbocycles. The highest BCUT2D eigenvalue weighted by atomic mass is 35.5. The lowest BCUT2D eigenvalue weighted by molar-refractivity contribution is -0.384. The number of aromatic nitrogens is 1. The minimum atomic E-state index is -0.694. The largest absolute Gasteiger partial charge is 0.457 e. The molecular formula is C29H24Cl2N4O5S. The number of carbonyl (C=O) groups excluding carboxylic acids is 1. The highest BCUT2D eigenvalue weighted by Gasteiger charge is 2.34. The van der Waals surface area contributed by atoms with Gasteiger partial charge in [-0.1, -0.05) is 46.7 Å². The fraction of sp³-hybridized carbons (Fsp3) is 0.207. The standard InChI is InChI=1S/C29H24Cl2N4O5S/c1-4-33(5-2)28(37)25-16(3)32-29-34(26(25)17-6-9-19(30)10-7-17)27(36)24(41-29)15-20-11-13-23(40-20)18-8-12-21(31)22(14-18)35(38)39/h6-15,26H,4-5H2,1-3H3/b24-15+/t26-/m1/s1. The van der Waals surface area contributed by atoms with E-state index in [1.807, 2.05) is 26.0 Å². The summed E-state index contributed by atoms with van der Waals surface area (Å²) in [4.78, 5) is 45.1. The maximum atomic E-state index is 13.9. The van der Waals surface area contributed by atoms with E-state index < -0.39 is 11.0 Å². The molecule has 0 radical (unpaired) electrons. The smallest absolute Gasteiger partial charge is 0.288 e. The molecule has 1 aliphatic heterocycles. The minimum Gasteiger partial charge on any atom is -0.457 e. The third-order valence-corrected chi connectivity index (χ3v) is 8.37. The van der Waals surface area contributed by atoms with E-state index in [2.05, 4.69) is 4.99 Å². The molecule has 0 unspecified atom stereocenters. The lowest BCUT2D eigenvalue weighted by atomic mass is 9.94. The number of nitrogens with zero attached hydrogens (tertiary/aromatic N) is 4. The zero-order chi connectivity index (χ0) is 29.4. The quantitative estimate of drug-likeness (QED) is 0.200. The number of hydrogen-bond acceptors (Lipinski definition) is 7. The predicted molar refractivity (Wildman–Crippen MR) is 159 cm³/mol. The van der Waals surface area contributed by atoms with Crippen molar-refractivity contribution in [2.75, 3.05) is 13.1 Å². The molecule has 0 spiro atoms.